The average molecular weight is 161 g/mol. The summed E-state index contributed by atoms with van der Waals surface area (Å²) in [6, 6.07) is 1.79. The molecule has 0 fully saturated rings. The van der Waals surface area contributed by atoms with E-state index in [9.17, 15) is 0 Å². The minimum Gasteiger partial charge on any atom is -0.397 e. The maximum atomic E-state index is 5.66. The zero-order chi connectivity index (χ0) is 8.39. The Bertz CT molecular complexity index is 367. The summed E-state index contributed by atoms with van der Waals surface area (Å²) in [5.41, 5.74) is 7.08. The van der Waals surface area contributed by atoms with E-state index in [0.29, 0.717) is 11.5 Å². The summed E-state index contributed by atoms with van der Waals surface area (Å²) in [7, 11) is 0. The van der Waals surface area contributed by atoms with E-state index in [4.69, 9.17) is 5.73 Å². The molecule has 0 unspecified atom stereocenters. The van der Waals surface area contributed by atoms with Crippen molar-refractivity contribution >= 4 is 5.69 Å². The highest BCUT2D eigenvalue weighted by Crippen LogP contribution is 2.19. The first-order chi connectivity index (χ1) is 5.88. The van der Waals surface area contributed by atoms with Crippen LogP contribution in [-0.2, 0) is 0 Å². The third kappa shape index (κ3) is 1.01. The van der Waals surface area contributed by atoms with Crippen LogP contribution in [0.4, 0.5) is 5.69 Å². The molecule has 0 amide bonds. The monoisotopic (exact) mass is 161 g/mol. The van der Waals surface area contributed by atoms with Gasteiger partial charge >= 0.3 is 0 Å². The summed E-state index contributed by atoms with van der Waals surface area (Å²) >= 11 is 0. The Hall–Kier alpha value is -1.91. The van der Waals surface area contributed by atoms with Crippen molar-refractivity contribution in [3.8, 4) is 11.4 Å². The molecule has 2 aromatic heterocycles. The molecule has 0 aliphatic heterocycles. The van der Waals surface area contributed by atoms with Crippen LogP contribution in [0.15, 0.2) is 24.8 Å². The van der Waals surface area contributed by atoms with E-state index in [2.05, 4.69) is 20.2 Å². The molecule has 0 bridgehead atoms. The molecule has 0 aliphatic rings. The van der Waals surface area contributed by atoms with Gasteiger partial charge in [-0.05, 0) is 6.07 Å². The van der Waals surface area contributed by atoms with E-state index in [-0.39, 0.29) is 0 Å². The largest absolute Gasteiger partial charge is 0.397 e. The van der Waals surface area contributed by atoms with E-state index < -0.39 is 0 Å². The number of hydrogen-bond donors (Lipinski definition) is 2. The van der Waals surface area contributed by atoms with Gasteiger partial charge in [0.2, 0.25) is 0 Å². The molecule has 3 N–H and O–H groups in total. The van der Waals surface area contributed by atoms with Gasteiger partial charge in [0.1, 0.15) is 6.33 Å². The van der Waals surface area contributed by atoms with Crippen molar-refractivity contribution in [3.05, 3.63) is 24.8 Å². The number of pyridine rings is 1. The number of anilines is 1. The third-order valence-electron chi connectivity index (χ3n) is 1.52. The van der Waals surface area contributed by atoms with Gasteiger partial charge in [0, 0.05) is 11.8 Å². The summed E-state index contributed by atoms with van der Waals surface area (Å²) in [5, 5.41) is 6.45. The van der Waals surface area contributed by atoms with Crippen molar-refractivity contribution in [2.75, 3.05) is 5.73 Å². The van der Waals surface area contributed by atoms with Crippen molar-refractivity contribution in [1.82, 2.24) is 20.2 Å². The zero-order valence-corrected chi connectivity index (χ0v) is 6.23. The van der Waals surface area contributed by atoms with Gasteiger partial charge in [-0.3, -0.25) is 10.1 Å². The molecule has 0 radical (unpaired) electrons. The first-order valence-electron chi connectivity index (χ1n) is 3.43. The Balaban J connectivity index is 2.55. The van der Waals surface area contributed by atoms with E-state index >= 15 is 0 Å². The molecule has 5 heteroatoms. The lowest BCUT2D eigenvalue weighted by Crippen LogP contribution is -1.91. The lowest BCUT2D eigenvalue weighted by atomic mass is 10.2. The summed E-state index contributed by atoms with van der Waals surface area (Å²) in [4.78, 5) is 7.84. The van der Waals surface area contributed by atoms with Gasteiger partial charge in [-0.15, -0.1) is 0 Å². The number of H-pyrrole nitrogens is 1. The molecule has 2 rings (SSSR count). The predicted octanol–water partition coefficient (Wildman–Crippen LogP) is 0.449. The molecule has 12 heavy (non-hydrogen) atoms. The van der Waals surface area contributed by atoms with Gasteiger partial charge < -0.3 is 5.73 Å². The third-order valence-corrected chi connectivity index (χ3v) is 1.52. The van der Waals surface area contributed by atoms with Gasteiger partial charge in [-0.1, -0.05) is 0 Å². The molecule has 0 aromatic carbocycles. The first kappa shape index (κ1) is 6.78. The molecule has 0 spiro atoms. The predicted molar refractivity (Wildman–Crippen MR) is 44.0 cm³/mol. The fourth-order valence-corrected chi connectivity index (χ4v) is 0.958. The number of rotatable bonds is 1. The number of hydrogen-bond acceptors (Lipinski definition) is 4. The van der Waals surface area contributed by atoms with Gasteiger partial charge in [-0.2, -0.15) is 5.10 Å². The lowest BCUT2D eigenvalue weighted by molar-refractivity contribution is 1.09. The Labute approximate surface area is 68.7 Å². The van der Waals surface area contributed by atoms with Crippen molar-refractivity contribution in [1.29, 1.82) is 0 Å². The molecular formula is C7H7N5. The smallest absolute Gasteiger partial charge is 0.157 e. The molecule has 2 aromatic rings. The normalized spacial score (nSPS) is 10.0. The average Bonchev–Trinajstić information content (AvgIpc) is 2.57. The molecular weight excluding hydrogens is 154 g/mol. The van der Waals surface area contributed by atoms with Crippen molar-refractivity contribution in [3.63, 3.8) is 0 Å². The second-order valence-corrected chi connectivity index (χ2v) is 2.30. The van der Waals surface area contributed by atoms with E-state index in [1.165, 1.54) is 6.33 Å². The van der Waals surface area contributed by atoms with Gasteiger partial charge in [0.05, 0.1) is 11.9 Å². The van der Waals surface area contributed by atoms with Gasteiger partial charge in [0.25, 0.3) is 0 Å². The van der Waals surface area contributed by atoms with Crippen LogP contribution in [0.3, 0.4) is 0 Å². The highest BCUT2D eigenvalue weighted by Gasteiger charge is 2.03. The standard InChI is InChI=1S/C7H7N5/c8-6-3-9-2-1-5(6)7-10-4-11-12-7/h1-4H,8H2,(H,10,11,12). The van der Waals surface area contributed by atoms with E-state index in [0.717, 1.165) is 5.56 Å². The Kier molecular flexibility index (Phi) is 1.48. The molecule has 0 aliphatic carbocycles. The Morgan fingerprint density at radius 3 is 3.00 bits per heavy atom. The number of aromatic amines is 1. The maximum Gasteiger partial charge on any atom is 0.157 e. The molecule has 0 saturated carbocycles. The number of nitrogens with zero attached hydrogens (tertiary/aromatic N) is 3. The quantitative estimate of drug-likeness (QED) is 0.636. The molecule has 5 nitrogen and oxygen atoms in total. The highest BCUT2D eigenvalue weighted by molar-refractivity contribution is 5.69. The van der Waals surface area contributed by atoms with Crippen molar-refractivity contribution < 1.29 is 0 Å². The highest BCUT2D eigenvalue weighted by atomic mass is 15.2. The Morgan fingerprint density at radius 2 is 2.33 bits per heavy atom. The lowest BCUT2D eigenvalue weighted by Gasteiger charge is -1.98. The van der Waals surface area contributed by atoms with Crippen molar-refractivity contribution in [2.45, 2.75) is 0 Å². The van der Waals surface area contributed by atoms with Crippen molar-refractivity contribution in [2.24, 2.45) is 0 Å². The number of aromatic nitrogens is 4. The molecule has 60 valence electrons. The van der Waals surface area contributed by atoms with Crippen LogP contribution >= 0.6 is 0 Å². The number of nitrogens with one attached hydrogen (secondary N) is 1. The maximum absolute atomic E-state index is 5.66. The first-order valence-corrected chi connectivity index (χ1v) is 3.43. The minimum absolute atomic E-state index is 0.592. The van der Waals surface area contributed by atoms with Gasteiger partial charge in [-0.25, -0.2) is 4.98 Å². The summed E-state index contributed by atoms with van der Waals surface area (Å²) < 4.78 is 0. The SMILES string of the molecule is Nc1cnccc1-c1ncn[nH]1. The molecule has 2 heterocycles. The van der Waals surface area contributed by atoms with Crippen LogP contribution < -0.4 is 5.73 Å². The van der Waals surface area contributed by atoms with Crippen LogP contribution in [0.5, 0.6) is 0 Å². The van der Waals surface area contributed by atoms with Gasteiger partial charge in [0.15, 0.2) is 5.82 Å². The van der Waals surface area contributed by atoms with Crippen LogP contribution in [0.1, 0.15) is 0 Å². The van der Waals surface area contributed by atoms with Crippen LogP contribution in [0, 0.1) is 0 Å². The molecule has 0 saturated heterocycles. The Morgan fingerprint density at radius 1 is 1.42 bits per heavy atom. The van der Waals surface area contributed by atoms with Crippen LogP contribution in [0.2, 0.25) is 0 Å². The van der Waals surface area contributed by atoms with Crippen LogP contribution in [0.25, 0.3) is 11.4 Å². The fraction of sp³-hybridized carbons (Fsp3) is 0. The minimum atomic E-state index is 0.592. The van der Waals surface area contributed by atoms with E-state index in [1.54, 1.807) is 18.5 Å². The molecule has 0 atom stereocenters. The van der Waals surface area contributed by atoms with Crippen LogP contribution in [-0.4, -0.2) is 20.2 Å². The summed E-state index contributed by atoms with van der Waals surface area (Å²) in [6.07, 6.45) is 4.68. The number of nitrogens with two attached hydrogens (primary N) is 1. The summed E-state index contributed by atoms with van der Waals surface area (Å²) in [5.74, 6) is 0.662. The zero-order valence-electron chi connectivity index (χ0n) is 6.23. The second-order valence-electron chi connectivity index (χ2n) is 2.30. The second kappa shape index (κ2) is 2.61. The topological polar surface area (TPSA) is 80.5 Å². The number of nitrogen functional groups attached to an aromatic ring is 1. The fourth-order valence-electron chi connectivity index (χ4n) is 0.958. The summed E-state index contributed by atoms with van der Waals surface area (Å²) in [6.45, 7) is 0. The van der Waals surface area contributed by atoms with E-state index in [1.807, 2.05) is 0 Å².